The van der Waals surface area contributed by atoms with Crippen LogP contribution in [0, 0.1) is 10.1 Å². The lowest BCUT2D eigenvalue weighted by molar-refractivity contribution is -0.385. The van der Waals surface area contributed by atoms with Crippen molar-refractivity contribution in [3.8, 4) is 5.75 Å². The molecule has 0 radical (unpaired) electrons. The molecule has 0 bridgehead atoms. The Morgan fingerprint density at radius 1 is 1.53 bits per heavy atom. The summed E-state index contributed by atoms with van der Waals surface area (Å²) < 4.78 is 4.94. The maximum absolute atomic E-state index is 10.8. The number of ether oxygens (including phenoxy) is 1. The van der Waals surface area contributed by atoms with Gasteiger partial charge in [-0.3, -0.25) is 10.1 Å². The van der Waals surface area contributed by atoms with Crippen molar-refractivity contribution in [2.24, 2.45) is 0 Å². The van der Waals surface area contributed by atoms with E-state index < -0.39 is 4.92 Å². The molecule has 0 amide bonds. The second kappa shape index (κ2) is 7.13. The Morgan fingerprint density at radius 3 is 2.88 bits per heavy atom. The third-order valence-electron chi connectivity index (χ3n) is 2.25. The first kappa shape index (κ1) is 13.8. The van der Waals surface area contributed by atoms with Crippen LogP contribution in [0.2, 0.25) is 0 Å². The van der Waals surface area contributed by atoms with Gasteiger partial charge in [0.15, 0.2) is 5.75 Å². The van der Waals surface area contributed by atoms with Crippen LogP contribution in [0.5, 0.6) is 5.75 Å². The minimum Gasteiger partial charge on any atom is -0.490 e. The minimum absolute atomic E-state index is 0.0108. The molecule has 94 valence electrons. The van der Waals surface area contributed by atoms with E-state index in [1.165, 1.54) is 7.11 Å². The highest BCUT2D eigenvalue weighted by Gasteiger charge is 2.14. The van der Waals surface area contributed by atoms with Crippen LogP contribution in [0.25, 0.3) is 0 Å². The second-order valence-corrected chi connectivity index (χ2v) is 4.42. The van der Waals surface area contributed by atoms with Gasteiger partial charge in [-0.15, -0.1) is 0 Å². The van der Waals surface area contributed by atoms with E-state index in [0.717, 1.165) is 17.9 Å². The lowest BCUT2D eigenvalue weighted by Gasteiger charge is -2.06. The lowest BCUT2D eigenvalue weighted by Crippen LogP contribution is -2.16. The Kier molecular flexibility index (Phi) is 5.79. The fraction of sp³-hybridized carbons (Fsp3) is 0.455. The van der Waals surface area contributed by atoms with Gasteiger partial charge < -0.3 is 10.1 Å². The second-order valence-electron chi connectivity index (χ2n) is 3.43. The van der Waals surface area contributed by atoms with Crippen molar-refractivity contribution in [3.63, 3.8) is 0 Å². The average Bonchev–Trinajstić information content (AvgIpc) is 2.34. The van der Waals surface area contributed by atoms with Gasteiger partial charge in [0.1, 0.15) is 0 Å². The zero-order chi connectivity index (χ0) is 12.7. The number of nitro groups is 1. The van der Waals surface area contributed by atoms with E-state index in [2.05, 4.69) is 5.32 Å². The molecule has 6 heteroatoms. The molecule has 0 atom stereocenters. The van der Waals surface area contributed by atoms with E-state index in [0.29, 0.717) is 12.3 Å². The number of benzene rings is 1. The van der Waals surface area contributed by atoms with Crippen LogP contribution >= 0.6 is 11.8 Å². The molecular formula is C11H16N2O3S. The Labute approximate surface area is 105 Å². The predicted octanol–water partition coefficient (Wildman–Crippen LogP) is 2.06. The summed E-state index contributed by atoms with van der Waals surface area (Å²) in [5.74, 6) is 1.32. The van der Waals surface area contributed by atoms with Crippen LogP contribution < -0.4 is 10.1 Å². The minimum atomic E-state index is -0.426. The van der Waals surface area contributed by atoms with E-state index >= 15 is 0 Å². The van der Waals surface area contributed by atoms with Crippen molar-refractivity contribution in [1.82, 2.24) is 5.32 Å². The Bertz CT molecular complexity index is 385. The van der Waals surface area contributed by atoms with Crippen molar-refractivity contribution in [2.75, 3.05) is 25.7 Å². The number of nitro benzene ring substituents is 1. The SMILES string of the molecule is COc1ccc(CNCCSC)cc1[N+](=O)[O-]. The first-order chi connectivity index (χ1) is 8.19. The molecule has 0 fully saturated rings. The zero-order valence-corrected chi connectivity index (χ0v) is 10.8. The molecule has 1 N–H and O–H groups in total. The smallest absolute Gasteiger partial charge is 0.311 e. The summed E-state index contributed by atoms with van der Waals surface area (Å²) >= 11 is 1.76. The van der Waals surface area contributed by atoms with Crippen LogP contribution in [0.15, 0.2) is 18.2 Å². The summed E-state index contributed by atoms with van der Waals surface area (Å²) in [5, 5.41) is 14.0. The summed E-state index contributed by atoms with van der Waals surface area (Å²) in [6, 6.07) is 5.01. The van der Waals surface area contributed by atoms with E-state index in [-0.39, 0.29) is 5.69 Å². The van der Waals surface area contributed by atoms with Crippen LogP contribution in [-0.2, 0) is 6.54 Å². The molecule has 1 rings (SSSR count). The number of thioether (sulfide) groups is 1. The summed E-state index contributed by atoms with van der Waals surface area (Å²) in [6.07, 6.45) is 2.04. The van der Waals surface area contributed by atoms with Crippen LogP contribution in [-0.4, -0.2) is 30.6 Å². The van der Waals surface area contributed by atoms with Gasteiger partial charge in [-0.2, -0.15) is 11.8 Å². The monoisotopic (exact) mass is 256 g/mol. The van der Waals surface area contributed by atoms with Crippen molar-refractivity contribution in [3.05, 3.63) is 33.9 Å². The highest BCUT2D eigenvalue weighted by atomic mass is 32.2. The molecule has 5 nitrogen and oxygen atoms in total. The molecule has 0 aliphatic carbocycles. The molecule has 0 heterocycles. The van der Waals surface area contributed by atoms with Gasteiger partial charge in [0.25, 0.3) is 0 Å². The number of rotatable bonds is 7. The molecular weight excluding hydrogens is 240 g/mol. The third kappa shape index (κ3) is 4.24. The van der Waals surface area contributed by atoms with Crippen LogP contribution in [0.3, 0.4) is 0 Å². The average molecular weight is 256 g/mol. The highest BCUT2D eigenvalue weighted by molar-refractivity contribution is 7.98. The molecule has 0 saturated carbocycles. The predicted molar refractivity (Wildman–Crippen MR) is 69.7 cm³/mol. The summed E-state index contributed by atoms with van der Waals surface area (Å²) in [6.45, 7) is 1.52. The van der Waals surface area contributed by atoms with Crippen molar-refractivity contribution >= 4 is 17.4 Å². The summed E-state index contributed by atoms with van der Waals surface area (Å²) in [7, 11) is 1.43. The Morgan fingerprint density at radius 2 is 2.29 bits per heavy atom. The molecule has 0 aliphatic heterocycles. The third-order valence-corrected chi connectivity index (χ3v) is 2.86. The number of hydrogen-bond acceptors (Lipinski definition) is 5. The van der Waals surface area contributed by atoms with Gasteiger partial charge in [-0.1, -0.05) is 6.07 Å². The van der Waals surface area contributed by atoms with Crippen molar-refractivity contribution in [1.29, 1.82) is 0 Å². The largest absolute Gasteiger partial charge is 0.490 e. The standard InChI is InChI=1S/C11H16N2O3S/c1-16-11-4-3-9(7-10(11)13(14)15)8-12-5-6-17-2/h3-4,7,12H,5-6,8H2,1-2H3. The molecule has 17 heavy (non-hydrogen) atoms. The first-order valence-corrected chi connectivity index (χ1v) is 6.59. The molecule has 1 aromatic rings. The molecule has 0 spiro atoms. The lowest BCUT2D eigenvalue weighted by atomic mass is 10.2. The van der Waals surface area contributed by atoms with Crippen LogP contribution in [0.1, 0.15) is 5.56 Å². The quantitative estimate of drug-likeness (QED) is 0.459. The summed E-state index contributed by atoms with van der Waals surface area (Å²) in [5.41, 5.74) is 0.898. The van der Waals surface area contributed by atoms with E-state index in [1.54, 1.807) is 23.9 Å². The molecule has 1 aromatic carbocycles. The fourth-order valence-corrected chi connectivity index (χ4v) is 1.74. The Balaban J connectivity index is 2.68. The van der Waals surface area contributed by atoms with E-state index in [9.17, 15) is 10.1 Å². The molecule has 0 unspecified atom stereocenters. The van der Waals surface area contributed by atoms with Gasteiger partial charge in [0, 0.05) is 24.9 Å². The normalized spacial score (nSPS) is 10.2. The van der Waals surface area contributed by atoms with Gasteiger partial charge in [-0.05, 0) is 17.9 Å². The fourth-order valence-electron chi connectivity index (χ4n) is 1.40. The van der Waals surface area contributed by atoms with E-state index in [4.69, 9.17) is 4.74 Å². The molecule has 0 aliphatic rings. The number of nitrogens with zero attached hydrogens (tertiary/aromatic N) is 1. The summed E-state index contributed by atoms with van der Waals surface area (Å²) in [4.78, 5) is 10.4. The van der Waals surface area contributed by atoms with Gasteiger partial charge >= 0.3 is 5.69 Å². The number of hydrogen-bond donors (Lipinski definition) is 1. The van der Waals surface area contributed by atoms with Crippen LogP contribution in [0.4, 0.5) is 5.69 Å². The van der Waals surface area contributed by atoms with Gasteiger partial charge in [0.05, 0.1) is 12.0 Å². The number of methoxy groups -OCH3 is 1. The molecule has 0 aromatic heterocycles. The van der Waals surface area contributed by atoms with Crippen molar-refractivity contribution in [2.45, 2.75) is 6.54 Å². The van der Waals surface area contributed by atoms with Gasteiger partial charge in [-0.25, -0.2) is 0 Å². The zero-order valence-electron chi connectivity index (χ0n) is 9.93. The topological polar surface area (TPSA) is 64.4 Å². The van der Waals surface area contributed by atoms with Gasteiger partial charge in [0.2, 0.25) is 0 Å². The maximum atomic E-state index is 10.8. The van der Waals surface area contributed by atoms with E-state index in [1.807, 2.05) is 12.3 Å². The number of nitrogens with one attached hydrogen (secondary N) is 1. The first-order valence-electron chi connectivity index (χ1n) is 5.20. The molecule has 0 saturated heterocycles. The van der Waals surface area contributed by atoms with Crippen molar-refractivity contribution < 1.29 is 9.66 Å². The Hall–Kier alpha value is -1.27. The highest BCUT2D eigenvalue weighted by Crippen LogP contribution is 2.27. The maximum Gasteiger partial charge on any atom is 0.311 e.